The summed E-state index contributed by atoms with van der Waals surface area (Å²) in [4.78, 5) is 41.2. The number of nitrogens with zero attached hydrogens (tertiary/aromatic N) is 2. The van der Waals surface area contributed by atoms with Crippen molar-refractivity contribution in [3.63, 3.8) is 0 Å². The van der Waals surface area contributed by atoms with Crippen LogP contribution in [0, 0.1) is 0 Å². The quantitative estimate of drug-likeness (QED) is 0.134. The maximum atomic E-state index is 13.1. The zero-order chi connectivity index (χ0) is 34.4. The first-order valence-corrected chi connectivity index (χ1v) is 16.3. The van der Waals surface area contributed by atoms with Crippen LogP contribution in [0.25, 0.3) is 0 Å². The van der Waals surface area contributed by atoms with E-state index in [1.54, 1.807) is 20.3 Å². The third kappa shape index (κ3) is 7.31. The van der Waals surface area contributed by atoms with E-state index in [-0.39, 0.29) is 24.6 Å². The molecule has 1 fully saturated rings. The molecule has 3 aromatic carbocycles. The topological polar surface area (TPSA) is 163 Å². The summed E-state index contributed by atoms with van der Waals surface area (Å²) < 4.78 is 47.4. The Hall–Kier alpha value is -5.17. The monoisotopic (exact) mass is 685 g/mol. The summed E-state index contributed by atoms with van der Waals surface area (Å²) in [5, 5.41) is 2.51. The lowest BCUT2D eigenvalue weighted by atomic mass is 9.80. The van der Waals surface area contributed by atoms with Crippen molar-refractivity contribution in [2.45, 2.75) is 30.5 Å². The van der Waals surface area contributed by atoms with Gasteiger partial charge in [-0.15, -0.1) is 4.52 Å². The Balaban J connectivity index is 1.32. The van der Waals surface area contributed by atoms with Gasteiger partial charge in [0, 0.05) is 12.6 Å². The molecule has 2 aromatic heterocycles. The van der Waals surface area contributed by atoms with E-state index in [1.807, 2.05) is 78.9 Å². The van der Waals surface area contributed by atoms with Crippen molar-refractivity contribution in [3.05, 3.63) is 142 Å². The first-order chi connectivity index (χ1) is 23.8. The lowest BCUT2D eigenvalue weighted by molar-refractivity contribution is -0.192. The molecule has 13 nitrogen and oxygen atoms in total. The number of anilines is 1. The van der Waals surface area contributed by atoms with Gasteiger partial charge in [-0.2, -0.15) is 4.98 Å². The molecular formula is C35H32N3O10P. The van der Waals surface area contributed by atoms with Gasteiger partial charge in [0.25, 0.3) is 5.91 Å². The number of amides is 1. The maximum Gasteiger partial charge on any atom is 0.488 e. The van der Waals surface area contributed by atoms with Gasteiger partial charge in [-0.3, -0.25) is 9.36 Å². The summed E-state index contributed by atoms with van der Waals surface area (Å²) in [6.07, 6.45) is -0.112. The summed E-state index contributed by atoms with van der Waals surface area (Å²) in [6.45, 7) is -0.142. The Morgan fingerprint density at radius 3 is 2.12 bits per heavy atom. The minimum absolute atomic E-state index is 0.000433. The molecular weight excluding hydrogens is 653 g/mol. The van der Waals surface area contributed by atoms with Gasteiger partial charge >= 0.3 is 13.9 Å². The van der Waals surface area contributed by atoms with Crippen LogP contribution >= 0.6 is 8.25 Å². The summed E-state index contributed by atoms with van der Waals surface area (Å²) in [7, 11) is -0.105. The van der Waals surface area contributed by atoms with Gasteiger partial charge in [-0.1, -0.05) is 54.6 Å². The van der Waals surface area contributed by atoms with Gasteiger partial charge in [0.1, 0.15) is 41.4 Å². The molecule has 1 aliphatic heterocycles. The van der Waals surface area contributed by atoms with Crippen LogP contribution in [0.2, 0.25) is 0 Å². The number of ether oxygens (including phenoxy) is 4. The van der Waals surface area contributed by atoms with Crippen LogP contribution in [0.3, 0.4) is 0 Å². The fourth-order valence-corrected chi connectivity index (χ4v) is 6.25. The number of carbonyl (C=O) groups is 1. The third-order valence-electron chi connectivity index (χ3n) is 8.17. The van der Waals surface area contributed by atoms with Crippen molar-refractivity contribution >= 4 is 20.0 Å². The normalized spacial score (nSPS) is 17.8. The number of carbonyl (C=O) groups excluding carboxylic acids is 1. The lowest BCUT2D eigenvalue weighted by Crippen LogP contribution is -2.38. The Labute approximate surface area is 281 Å². The molecule has 4 atom stereocenters. The van der Waals surface area contributed by atoms with Crippen molar-refractivity contribution in [2.75, 3.05) is 26.1 Å². The highest BCUT2D eigenvalue weighted by molar-refractivity contribution is 7.30. The number of hydrogen-bond donors (Lipinski definition) is 1. The number of benzene rings is 3. The molecule has 1 amide bonds. The highest BCUT2D eigenvalue weighted by Crippen LogP contribution is 2.43. The predicted octanol–water partition coefficient (Wildman–Crippen LogP) is 4.80. The second kappa shape index (κ2) is 14.9. The molecule has 0 saturated carbocycles. The molecule has 252 valence electrons. The summed E-state index contributed by atoms with van der Waals surface area (Å²) in [6, 6.07) is 28.9. The standard InChI is InChI=1S/C35H32N3O10P/c1-43-26-14-10-24(11-15-26)35(23-7-4-3-5-8-23,25-12-16-27(44-2)17-13-25)46-22-30-29(48-49(41)42)21-32(47-30)38-19-18-31(37-34(38)40)36-33(39)28-9-6-20-45-28/h3-20,29-30,32H,21-22H2,1-2H3,(H,36,37,39,40)/t29-,30+,32+/m0/s1. The smallest absolute Gasteiger partial charge is 0.488 e. The molecule has 14 heteroatoms. The van der Waals surface area contributed by atoms with Crippen molar-refractivity contribution in [2.24, 2.45) is 0 Å². The molecule has 1 unspecified atom stereocenters. The van der Waals surface area contributed by atoms with Gasteiger partial charge in [0.2, 0.25) is 0 Å². The number of furan rings is 1. The van der Waals surface area contributed by atoms with Crippen LogP contribution < -0.4 is 25.4 Å². The number of methoxy groups -OCH3 is 2. The number of nitrogens with one attached hydrogen (secondary N) is 1. The molecule has 3 heterocycles. The summed E-state index contributed by atoms with van der Waals surface area (Å²) in [5.41, 5.74) is 0.375. The van der Waals surface area contributed by atoms with Gasteiger partial charge in [-0.25, -0.2) is 4.79 Å². The molecule has 49 heavy (non-hydrogen) atoms. The Morgan fingerprint density at radius 1 is 0.939 bits per heavy atom. The van der Waals surface area contributed by atoms with E-state index in [0.29, 0.717) is 11.5 Å². The van der Waals surface area contributed by atoms with Crippen LogP contribution in [0.15, 0.2) is 119 Å². The molecule has 0 radical (unpaired) electrons. The molecule has 0 bridgehead atoms. The Bertz CT molecular complexity index is 1890. The minimum atomic E-state index is -3.27. The van der Waals surface area contributed by atoms with Crippen LogP contribution in [0.1, 0.15) is 39.9 Å². The number of hydrogen-bond acceptors (Lipinski definition) is 11. The molecule has 5 aromatic rings. The fraction of sp³-hybridized carbons (Fsp3) is 0.229. The average molecular weight is 686 g/mol. The van der Waals surface area contributed by atoms with Gasteiger partial charge in [0.15, 0.2) is 5.76 Å². The third-order valence-corrected chi connectivity index (χ3v) is 8.61. The molecule has 1 aliphatic rings. The zero-order valence-electron chi connectivity index (χ0n) is 26.5. The van der Waals surface area contributed by atoms with Crippen molar-refractivity contribution in [1.82, 2.24) is 9.55 Å². The fourth-order valence-electron chi connectivity index (χ4n) is 5.81. The van der Waals surface area contributed by atoms with E-state index < -0.39 is 43.9 Å². The highest BCUT2D eigenvalue weighted by Gasteiger charge is 2.45. The van der Waals surface area contributed by atoms with E-state index >= 15 is 0 Å². The number of aromatic nitrogens is 2. The average Bonchev–Trinajstić information content (AvgIpc) is 3.80. The van der Waals surface area contributed by atoms with Crippen molar-refractivity contribution < 1.29 is 42.1 Å². The van der Waals surface area contributed by atoms with Crippen molar-refractivity contribution in [1.29, 1.82) is 0 Å². The van der Waals surface area contributed by atoms with Gasteiger partial charge in [0.05, 0.1) is 27.1 Å². The molecule has 1 N–H and O–H groups in total. The van der Waals surface area contributed by atoms with Crippen LogP contribution in [0.5, 0.6) is 11.5 Å². The van der Waals surface area contributed by atoms with Gasteiger partial charge in [-0.05, 0) is 63.7 Å². The van der Waals surface area contributed by atoms with Crippen LogP contribution in [-0.4, -0.2) is 48.5 Å². The largest absolute Gasteiger partial charge is 0.566 e. The van der Waals surface area contributed by atoms with E-state index in [0.717, 1.165) is 16.7 Å². The predicted molar refractivity (Wildman–Crippen MR) is 174 cm³/mol. The highest BCUT2D eigenvalue weighted by atomic mass is 31.1. The second-order valence-electron chi connectivity index (χ2n) is 11.0. The molecule has 0 aliphatic carbocycles. The first kappa shape index (κ1) is 33.7. The van der Waals surface area contributed by atoms with Crippen LogP contribution in [0.4, 0.5) is 5.82 Å². The van der Waals surface area contributed by atoms with E-state index in [2.05, 4.69) is 10.3 Å². The van der Waals surface area contributed by atoms with E-state index in [1.165, 1.54) is 29.2 Å². The molecule has 0 spiro atoms. The van der Waals surface area contributed by atoms with E-state index in [4.69, 9.17) is 27.9 Å². The van der Waals surface area contributed by atoms with Gasteiger partial charge < -0.3 is 33.6 Å². The second-order valence-corrected chi connectivity index (χ2v) is 11.6. The SMILES string of the molecule is COc1ccc(C(OC[C@H]2O[C@@H](n3ccc(NC(=O)c4ccco4)nc3=O)C[C@@H]2O[P+](=O)[O-])(c2ccccc2)c2ccc(OC)cc2)cc1. The molecule has 6 rings (SSSR count). The first-order valence-electron chi connectivity index (χ1n) is 15.2. The van der Waals surface area contributed by atoms with E-state index in [9.17, 15) is 19.0 Å². The Morgan fingerprint density at radius 2 is 1.57 bits per heavy atom. The maximum absolute atomic E-state index is 13.1. The van der Waals surface area contributed by atoms with Crippen molar-refractivity contribution in [3.8, 4) is 11.5 Å². The number of rotatable bonds is 13. The van der Waals surface area contributed by atoms with Crippen LogP contribution in [-0.2, 0) is 24.2 Å². The zero-order valence-corrected chi connectivity index (χ0v) is 27.4. The summed E-state index contributed by atoms with van der Waals surface area (Å²) in [5.74, 6) is 0.784. The molecule has 1 saturated heterocycles. The Kier molecular flexibility index (Phi) is 10.3. The lowest BCUT2D eigenvalue weighted by Gasteiger charge is -2.37. The summed E-state index contributed by atoms with van der Waals surface area (Å²) >= 11 is 0. The minimum Gasteiger partial charge on any atom is -0.566 e.